The minimum Gasteiger partial charge on any atom is -0.462 e. The zero-order valence-electron chi connectivity index (χ0n) is 22.4. The highest BCUT2D eigenvalue weighted by molar-refractivity contribution is 7.13. The van der Waals surface area contributed by atoms with E-state index in [9.17, 15) is 22.8 Å². The summed E-state index contributed by atoms with van der Waals surface area (Å²) in [6.07, 6.45) is -1.59. The Balaban J connectivity index is 1.58. The number of oxazole rings is 1. The molecule has 2 aliphatic heterocycles. The Kier molecular flexibility index (Phi) is 7.31. The summed E-state index contributed by atoms with van der Waals surface area (Å²) >= 11 is 1.22. The maximum absolute atomic E-state index is 13.5. The summed E-state index contributed by atoms with van der Waals surface area (Å²) in [7, 11) is 0. The largest absolute Gasteiger partial charge is 0.573 e. The molecule has 2 aliphatic rings. The highest BCUT2D eigenvalue weighted by Crippen LogP contribution is 2.43. The second kappa shape index (κ2) is 10.5. The molecular formula is C26H29F3N4O6S. The molecule has 3 aromatic rings. The normalized spacial score (nSPS) is 19.6. The Labute approximate surface area is 232 Å². The first kappa shape index (κ1) is 28.0. The molecule has 2 unspecified atom stereocenters. The number of nitrogens with zero attached hydrogens (tertiary/aromatic N) is 4. The number of esters is 1. The smallest absolute Gasteiger partial charge is 0.462 e. The molecule has 2 fully saturated rings. The van der Waals surface area contributed by atoms with Crippen molar-refractivity contribution in [3.63, 3.8) is 0 Å². The predicted octanol–water partition coefficient (Wildman–Crippen LogP) is 6.00. The Morgan fingerprint density at radius 3 is 2.45 bits per heavy atom. The van der Waals surface area contributed by atoms with Gasteiger partial charge in [0.2, 0.25) is 0 Å². The van der Waals surface area contributed by atoms with Crippen LogP contribution in [0.1, 0.15) is 57.3 Å². The highest BCUT2D eigenvalue weighted by atomic mass is 32.1. The molecule has 0 N–H and O–H groups in total. The van der Waals surface area contributed by atoms with Crippen molar-refractivity contribution in [3.8, 4) is 16.3 Å². The maximum Gasteiger partial charge on any atom is 0.573 e. The Hall–Kier alpha value is -3.55. The third-order valence-corrected chi connectivity index (χ3v) is 7.39. The van der Waals surface area contributed by atoms with Gasteiger partial charge in [-0.25, -0.2) is 14.6 Å². The number of fused-ring (bicyclic) bond motifs is 3. The minimum atomic E-state index is -5.11. The van der Waals surface area contributed by atoms with Gasteiger partial charge in [0, 0.05) is 24.7 Å². The molecular weight excluding hydrogens is 553 g/mol. The van der Waals surface area contributed by atoms with Gasteiger partial charge in [-0.05, 0) is 53.0 Å². The van der Waals surface area contributed by atoms with Gasteiger partial charge in [-0.3, -0.25) is 4.90 Å². The number of anilines is 1. The summed E-state index contributed by atoms with van der Waals surface area (Å²) in [6.45, 7) is 7.60. The van der Waals surface area contributed by atoms with E-state index in [2.05, 4.69) is 14.7 Å². The van der Waals surface area contributed by atoms with Crippen molar-refractivity contribution < 1.29 is 41.4 Å². The topological polar surface area (TPSA) is 107 Å². The molecule has 14 heteroatoms. The number of thiazole rings is 1. The Bertz CT molecular complexity index is 1390. The average Bonchev–Trinajstić information content (AvgIpc) is 3.52. The molecule has 2 saturated heterocycles. The van der Waals surface area contributed by atoms with Crippen LogP contribution in [-0.2, 0) is 9.47 Å². The lowest BCUT2D eigenvalue weighted by Crippen LogP contribution is -2.63. The lowest BCUT2D eigenvalue weighted by molar-refractivity contribution is -0.274. The van der Waals surface area contributed by atoms with Crippen molar-refractivity contribution in [1.29, 1.82) is 0 Å². The maximum atomic E-state index is 13.5. The van der Waals surface area contributed by atoms with Crippen LogP contribution in [0.25, 0.3) is 21.7 Å². The molecule has 216 valence electrons. The van der Waals surface area contributed by atoms with Gasteiger partial charge in [0.15, 0.2) is 16.8 Å². The summed E-state index contributed by atoms with van der Waals surface area (Å²) in [5, 5.41) is 2.11. The number of carbonyl (C=O) groups is 2. The number of rotatable bonds is 5. The summed E-state index contributed by atoms with van der Waals surface area (Å²) in [5.41, 5.74) is -1.09. The molecule has 2 bridgehead atoms. The SMILES string of the molecule is CCOC(=O)c1cc(-c2nccs2)c2oc(N3CC4CCCC(C3)N4C(=O)OC(C)(C)C)nc2c1OC(F)(F)F. The van der Waals surface area contributed by atoms with Crippen LogP contribution in [0.2, 0.25) is 0 Å². The predicted molar refractivity (Wildman–Crippen MR) is 139 cm³/mol. The molecule has 1 aromatic carbocycles. The molecule has 0 spiro atoms. The number of hydrogen-bond donors (Lipinski definition) is 0. The lowest BCUT2D eigenvalue weighted by atomic mass is 9.92. The molecule has 0 radical (unpaired) electrons. The van der Waals surface area contributed by atoms with E-state index in [1.165, 1.54) is 23.6 Å². The van der Waals surface area contributed by atoms with Gasteiger partial charge >= 0.3 is 18.4 Å². The van der Waals surface area contributed by atoms with Crippen LogP contribution in [0.5, 0.6) is 5.75 Å². The van der Waals surface area contributed by atoms with E-state index in [0.717, 1.165) is 19.3 Å². The van der Waals surface area contributed by atoms with Gasteiger partial charge < -0.3 is 23.5 Å². The van der Waals surface area contributed by atoms with Crippen LogP contribution < -0.4 is 9.64 Å². The van der Waals surface area contributed by atoms with Crippen LogP contribution in [0, 0.1) is 0 Å². The fourth-order valence-electron chi connectivity index (χ4n) is 5.15. The Morgan fingerprint density at radius 1 is 1.18 bits per heavy atom. The van der Waals surface area contributed by atoms with Crippen LogP contribution in [0.15, 0.2) is 22.1 Å². The molecule has 40 heavy (non-hydrogen) atoms. The number of hydrogen-bond acceptors (Lipinski definition) is 10. The fourth-order valence-corrected chi connectivity index (χ4v) is 5.81. The van der Waals surface area contributed by atoms with Crippen molar-refractivity contribution in [3.05, 3.63) is 23.2 Å². The first-order chi connectivity index (χ1) is 18.8. The second-order valence-electron chi connectivity index (χ2n) is 10.6. The Morgan fingerprint density at radius 2 is 1.88 bits per heavy atom. The van der Waals surface area contributed by atoms with Crippen molar-refractivity contribution in [2.45, 2.75) is 71.0 Å². The van der Waals surface area contributed by atoms with Crippen molar-refractivity contribution in [2.75, 3.05) is 24.6 Å². The van der Waals surface area contributed by atoms with Gasteiger partial charge in [-0.1, -0.05) is 0 Å². The number of aromatic nitrogens is 2. The van der Waals surface area contributed by atoms with E-state index in [-0.39, 0.29) is 41.4 Å². The molecule has 1 amide bonds. The van der Waals surface area contributed by atoms with E-state index in [4.69, 9.17) is 13.9 Å². The number of carbonyl (C=O) groups excluding carboxylic acids is 2. The lowest BCUT2D eigenvalue weighted by Gasteiger charge is -2.49. The van der Waals surface area contributed by atoms with E-state index >= 15 is 0 Å². The molecule has 0 aliphatic carbocycles. The fraction of sp³-hybridized carbons (Fsp3) is 0.538. The monoisotopic (exact) mass is 582 g/mol. The van der Waals surface area contributed by atoms with Crippen molar-refractivity contribution in [2.24, 2.45) is 0 Å². The second-order valence-corrected chi connectivity index (χ2v) is 11.5. The number of ether oxygens (including phenoxy) is 3. The molecule has 0 saturated carbocycles. The van der Waals surface area contributed by atoms with Gasteiger partial charge in [0.05, 0.1) is 24.3 Å². The molecule has 2 atom stereocenters. The summed E-state index contributed by atoms with van der Waals surface area (Å²) in [4.78, 5) is 38.0. The number of piperazine rings is 1. The number of halogens is 3. The summed E-state index contributed by atoms with van der Waals surface area (Å²) in [5.74, 6) is -1.80. The number of piperidine rings is 1. The zero-order chi connectivity index (χ0) is 28.8. The van der Waals surface area contributed by atoms with E-state index < -0.39 is 35.3 Å². The van der Waals surface area contributed by atoms with Gasteiger partial charge in [-0.2, -0.15) is 4.98 Å². The van der Waals surface area contributed by atoms with Gasteiger partial charge in [-0.15, -0.1) is 24.5 Å². The van der Waals surface area contributed by atoms with Gasteiger partial charge in [0.25, 0.3) is 6.01 Å². The first-order valence-electron chi connectivity index (χ1n) is 12.9. The molecule has 2 aromatic heterocycles. The molecule has 4 heterocycles. The zero-order valence-corrected chi connectivity index (χ0v) is 23.2. The standard InChI is InChI=1S/C26H29F3N4O6S/c1-5-36-22(34)17-11-16(21-30-9-10-40-21)19-18(20(17)38-26(27,28)29)31-23(37-19)32-12-14-7-6-8-15(13-32)33(14)24(35)39-25(2,3)4/h9-11,14-15H,5-8,12-13H2,1-4H3. The molecule has 10 nitrogen and oxygen atoms in total. The number of amides is 1. The van der Waals surface area contributed by atoms with Crippen LogP contribution >= 0.6 is 11.3 Å². The van der Waals surface area contributed by atoms with Crippen molar-refractivity contribution >= 4 is 40.5 Å². The number of benzene rings is 1. The van der Waals surface area contributed by atoms with Crippen LogP contribution in [0.4, 0.5) is 24.0 Å². The van der Waals surface area contributed by atoms with E-state index in [0.29, 0.717) is 18.1 Å². The quantitative estimate of drug-likeness (QED) is 0.335. The van der Waals surface area contributed by atoms with Crippen molar-refractivity contribution in [1.82, 2.24) is 14.9 Å². The highest BCUT2D eigenvalue weighted by Gasteiger charge is 2.44. The minimum absolute atomic E-state index is 0.00280. The molecule has 5 rings (SSSR count). The van der Waals surface area contributed by atoms with E-state index in [1.807, 2.05) is 4.90 Å². The van der Waals surface area contributed by atoms with Crippen LogP contribution in [-0.4, -0.2) is 70.7 Å². The average molecular weight is 583 g/mol. The summed E-state index contributed by atoms with van der Waals surface area (Å²) < 4.78 is 61.7. The third-order valence-electron chi connectivity index (χ3n) is 6.58. The third kappa shape index (κ3) is 5.67. The summed E-state index contributed by atoms with van der Waals surface area (Å²) in [6, 6.07) is 0.889. The van der Waals surface area contributed by atoms with E-state index in [1.54, 1.807) is 38.0 Å². The van der Waals surface area contributed by atoms with Gasteiger partial charge in [0.1, 0.15) is 16.2 Å². The van der Waals surface area contributed by atoms with Crippen LogP contribution in [0.3, 0.4) is 0 Å². The first-order valence-corrected chi connectivity index (χ1v) is 13.8. The number of alkyl halides is 3.